The maximum atomic E-state index is 13.6. The lowest BCUT2D eigenvalue weighted by molar-refractivity contribution is -0.384. The minimum Gasteiger partial charge on any atom is -0.481 e. The van der Waals surface area contributed by atoms with Gasteiger partial charge in [0.05, 0.1) is 16.4 Å². The number of nitro groups is 1. The van der Waals surface area contributed by atoms with Crippen LogP contribution in [0.1, 0.15) is 16.8 Å². The summed E-state index contributed by atoms with van der Waals surface area (Å²) in [5, 5.41) is 19.5. The van der Waals surface area contributed by atoms with Crippen molar-refractivity contribution in [3.8, 4) is 0 Å². The van der Waals surface area contributed by atoms with Crippen molar-refractivity contribution in [1.82, 2.24) is 4.90 Å². The molecule has 1 heterocycles. The predicted octanol–water partition coefficient (Wildman–Crippen LogP) is 1.28. The first-order valence-corrected chi connectivity index (χ1v) is 5.86. The van der Waals surface area contributed by atoms with Gasteiger partial charge >= 0.3 is 5.97 Å². The Morgan fingerprint density at radius 1 is 1.45 bits per heavy atom. The van der Waals surface area contributed by atoms with Crippen LogP contribution in [0, 0.1) is 21.8 Å². The minimum absolute atomic E-state index is 0.0176. The van der Waals surface area contributed by atoms with E-state index in [0.29, 0.717) is 0 Å². The molecule has 1 amide bonds. The Balaban J connectivity index is 2.23. The molecule has 106 valence electrons. The average Bonchev–Trinajstić information content (AvgIpc) is 2.88. The number of likely N-dealkylation sites (tertiary alicyclic amines) is 1. The van der Waals surface area contributed by atoms with Crippen LogP contribution in [0.15, 0.2) is 18.2 Å². The van der Waals surface area contributed by atoms with Crippen molar-refractivity contribution >= 4 is 17.6 Å². The highest BCUT2D eigenvalue weighted by Gasteiger charge is 2.32. The summed E-state index contributed by atoms with van der Waals surface area (Å²) in [4.78, 5) is 34.0. The fourth-order valence-corrected chi connectivity index (χ4v) is 2.11. The maximum absolute atomic E-state index is 13.6. The van der Waals surface area contributed by atoms with Crippen molar-refractivity contribution in [3.63, 3.8) is 0 Å². The fraction of sp³-hybridized carbons (Fsp3) is 0.333. The number of carboxylic acids is 1. The van der Waals surface area contributed by atoms with Gasteiger partial charge in [-0.1, -0.05) is 0 Å². The van der Waals surface area contributed by atoms with Crippen LogP contribution in [0.3, 0.4) is 0 Å². The van der Waals surface area contributed by atoms with E-state index in [1.807, 2.05) is 0 Å². The molecular formula is C12H11FN2O5. The van der Waals surface area contributed by atoms with Gasteiger partial charge < -0.3 is 10.0 Å². The third-order valence-corrected chi connectivity index (χ3v) is 3.22. The van der Waals surface area contributed by atoms with Crippen LogP contribution in [-0.4, -0.2) is 39.9 Å². The van der Waals surface area contributed by atoms with Crippen LogP contribution >= 0.6 is 0 Å². The zero-order valence-electron chi connectivity index (χ0n) is 10.3. The number of carboxylic acid groups (broad SMARTS) is 1. The number of non-ortho nitro benzene ring substituents is 1. The highest BCUT2D eigenvalue weighted by atomic mass is 19.1. The van der Waals surface area contributed by atoms with Crippen LogP contribution in [0.2, 0.25) is 0 Å². The van der Waals surface area contributed by atoms with E-state index in [-0.39, 0.29) is 25.2 Å². The van der Waals surface area contributed by atoms with Crippen LogP contribution in [0.25, 0.3) is 0 Å². The summed E-state index contributed by atoms with van der Waals surface area (Å²) < 4.78 is 13.6. The molecule has 8 heteroatoms. The Kier molecular flexibility index (Phi) is 3.64. The second-order valence-electron chi connectivity index (χ2n) is 4.50. The molecule has 1 unspecified atom stereocenters. The summed E-state index contributed by atoms with van der Waals surface area (Å²) in [6, 6.07) is 2.69. The van der Waals surface area contributed by atoms with E-state index in [4.69, 9.17) is 5.11 Å². The van der Waals surface area contributed by atoms with Crippen molar-refractivity contribution in [1.29, 1.82) is 0 Å². The molecule has 0 aromatic heterocycles. The molecule has 1 saturated heterocycles. The first-order valence-electron chi connectivity index (χ1n) is 5.86. The van der Waals surface area contributed by atoms with Gasteiger partial charge in [-0.2, -0.15) is 0 Å². The predicted molar refractivity (Wildman–Crippen MR) is 64.7 cm³/mol. The number of carbonyl (C=O) groups excluding carboxylic acids is 1. The lowest BCUT2D eigenvalue weighted by atomic mass is 10.1. The molecule has 0 saturated carbocycles. The quantitative estimate of drug-likeness (QED) is 0.664. The molecule has 1 aromatic carbocycles. The first-order chi connectivity index (χ1) is 9.40. The van der Waals surface area contributed by atoms with Crippen LogP contribution in [0.5, 0.6) is 0 Å². The van der Waals surface area contributed by atoms with Gasteiger partial charge in [-0.3, -0.25) is 19.7 Å². The zero-order chi connectivity index (χ0) is 14.9. The van der Waals surface area contributed by atoms with Gasteiger partial charge in [-0.25, -0.2) is 4.39 Å². The van der Waals surface area contributed by atoms with E-state index in [1.54, 1.807) is 0 Å². The monoisotopic (exact) mass is 282 g/mol. The SMILES string of the molecule is O=C(O)C1CCN(C(=O)c2cc([N+](=O)[O-])ccc2F)C1. The van der Waals surface area contributed by atoms with E-state index in [1.165, 1.54) is 4.90 Å². The molecule has 1 fully saturated rings. The highest BCUT2D eigenvalue weighted by Crippen LogP contribution is 2.22. The number of halogens is 1. The molecule has 2 rings (SSSR count). The van der Waals surface area contributed by atoms with E-state index in [2.05, 4.69) is 0 Å². The Morgan fingerprint density at radius 3 is 2.70 bits per heavy atom. The summed E-state index contributed by atoms with van der Waals surface area (Å²) in [6.07, 6.45) is 0.289. The Morgan fingerprint density at radius 2 is 2.15 bits per heavy atom. The number of benzene rings is 1. The molecule has 20 heavy (non-hydrogen) atoms. The average molecular weight is 282 g/mol. The topological polar surface area (TPSA) is 101 Å². The number of rotatable bonds is 3. The molecule has 1 aliphatic rings. The number of amides is 1. The molecule has 1 aromatic rings. The Bertz CT molecular complexity index is 589. The molecule has 7 nitrogen and oxygen atoms in total. The number of nitro benzene ring substituents is 1. The van der Waals surface area contributed by atoms with Gasteiger partial charge in [-0.15, -0.1) is 0 Å². The summed E-state index contributed by atoms with van der Waals surface area (Å²) in [7, 11) is 0. The summed E-state index contributed by atoms with van der Waals surface area (Å²) in [5.41, 5.74) is -0.797. The minimum atomic E-state index is -1.01. The van der Waals surface area contributed by atoms with Crippen molar-refractivity contribution in [3.05, 3.63) is 39.7 Å². The third kappa shape index (κ3) is 2.58. The summed E-state index contributed by atoms with van der Waals surface area (Å²) in [6.45, 7) is 0.175. The van der Waals surface area contributed by atoms with Crippen LogP contribution < -0.4 is 0 Å². The molecule has 1 aliphatic heterocycles. The lowest BCUT2D eigenvalue weighted by Gasteiger charge is -2.16. The van der Waals surface area contributed by atoms with Crippen molar-refractivity contribution in [2.24, 2.45) is 5.92 Å². The van der Waals surface area contributed by atoms with Crippen molar-refractivity contribution in [2.75, 3.05) is 13.1 Å². The van der Waals surface area contributed by atoms with Gasteiger partial charge in [-0.05, 0) is 12.5 Å². The Labute approximate surface area is 112 Å². The summed E-state index contributed by atoms with van der Waals surface area (Å²) >= 11 is 0. The number of hydrogen-bond donors (Lipinski definition) is 1. The molecule has 0 radical (unpaired) electrons. The normalized spacial score (nSPS) is 18.1. The van der Waals surface area contributed by atoms with Crippen molar-refractivity contribution in [2.45, 2.75) is 6.42 Å². The molecule has 1 atom stereocenters. The first kappa shape index (κ1) is 13.9. The zero-order valence-corrected chi connectivity index (χ0v) is 10.3. The van der Waals surface area contributed by atoms with E-state index in [9.17, 15) is 24.1 Å². The standard InChI is InChI=1S/C12H11FN2O5/c13-10-2-1-8(15(19)20)5-9(10)11(16)14-4-3-7(6-14)12(17)18/h1-2,5,7H,3-4,6H2,(H,17,18). The van der Waals surface area contributed by atoms with Gasteiger partial charge in [0.25, 0.3) is 11.6 Å². The molecule has 1 N–H and O–H groups in total. The van der Waals surface area contributed by atoms with Gasteiger partial charge in [0.1, 0.15) is 5.82 Å². The van der Waals surface area contributed by atoms with E-state index < -0.39 is 34.1 Å². The van der Waals surface area contributed by atoms with Crippen molar-refractivity contribution < 1.29 is 24.0 Å². The second-order valence-corrected chi connectivity index (χ2v) is 4.50. The van der Waals surface area contributed by atoms with Crippen LogP contribution in [-0.2, 0) is 4.79 Å². The highest BCUT2D eigenvalue weighted by molar-refractivity contribution is 5.95. The van der Waals surface area contributed by atoms with E-state index in [0.717, 1.165) is 18.2 Å². The molecule has 0 bridgehead atoms. The fourth-order valence-electron chi connectivity index (χ4n) is 2.11. The second kappa shape index (κ2) is 5.24. The third-order valence-electron chi connectivity index (χ3n) is 3.22. The largest absolute Gasteiger partial charge is 0.481 e. The van der Waals surface area contributed by atoms with E-state index >= 15 is 0 Å². The molecule has 0 spiro atoms. The number of aliphatic carboxylic acids is 1. The summed E-state index contributed by atoms with van der Waals surface area (Å²) in [5.74, 6) is -3.28. The number of hydrogen-bond acceptors (Lipinski definition) is 4. The smallest absolute Gasteiger partial charge is 0.308 e. The van der Waals surface area contributed by atoms with Gasteiger partial charge in [0.2, 0.25) is 0 Å². The van der Waals surface area contributed by atoms with Crippen LogP contribution in [0.4, 0.5) is 10.1 Å². The van der Waals surface area contributed by atoms with Gasteiger partial charge in [0, 0.05) is 25.2 Å². The maximum Gasteiger partial charge on any atom is 0.308 e. The number of nitrogens with zero attached hydrogens (tertiary/aromatic N) is 2. The lowest BCUT2D eigenvalue weighted by Crippen LogP contribution is -2.30. The van der Waals surface area contributed by atoms with Gasteiger partial charge in [0.15, 0.2) is 0 Å². The number of carbonyl (C=O) groups is 2. The Hall–Kier alpha value is -2.51. The molecule has 0 aliphatic carbocycles. The molecular weight excluding hydrogens is 271 g/mol.